The van der Waals surface area contributed by atoms with Crippen LogP contribution in [0.2, 0.25) is 0 Å². The van der Waals surface area contributed by atoms with E-state index in [-0.39, 0.29) is 12.0 Å². The van der Waals surface area contributed by atoms with Gasteiger partial charge in [0.05, 0.1) is 13.7 Å². The third-order valence-corrected chi connectivity index (χ3v) is 4.42. The minimum absolute atomic E-state index is 0.162. The lowest BCUT2D eigenvalue weighted by molar-refractivity contribution is 0.114. The fraction of sp³-hybridized carbons (Fsp3) is 0.200. The van der Waals surface area contributed by atoms with Gasteiger partial charge in [0.2, 0.25) is 0 Å². The molecular weight excluding hydrogens is 319 g/mol. The Morgan fingerprint density at radius 3 is 2.44 bits per heavy atom. The standard InChI is InChI=1S/C20H19FN2O2/c1-24-19-8-6-17(7-9-19)22-11-10-15(14-22)20-23(12-13-25-20)18-4-2-16(21)3-5-18/h2-11,14,20H,12-13H2,1H3. The maximum atomic E-state index is 13.2. The molecule has 0 amide bonds. The van der Waals surface area contributed by atoms with Crippen LogP contribution in [0.4, 0.5) is 10.1 Å². The quantitative estimate of drug-likeness (QED) is 0.715. The second kappa shape index (κ2) is 6.61. The van der Waals surface area contributed by atoms with Crippen LogP contribution in [0.15, 0.2) is 67.0 Å². The number of methoxy groups -OCH3 is 1. The van der Waals surface area contributed by atoms with Gasteiger partial charge in [0, 0.05) is 35.9 Å². The van der Waals surface area contributed by atoms with E-state index in [0.29, 0.717) is 6.61 Å². The summed E-state index contributed by atoms with van der Waals surface area (Å²) in [6, 6.07) is 16.5. The molecule has 3 aromatic rings. The van der Waals surface area contributed by atoms with Crippen molar-refractivity contribution < 1.29 is 13.9 Å². The SMILES string of the molecule is COc1ccc(-n2ccc(C3OCCN3c3ccc(F)cc3)c2)cc1. The van der Waals surface area contributed by atoms with E-state index in [1.54, 1.807) is 19.2 Å². The predicted molar refractivity (Wildman–Crippen MR) is 94.8 cm³/mol. The monoisotopic (exact) mass is 338 g/mol. The lowest BCUT2D eigenvalue weighted by Gasteiger charge is -2.24. The topological polar surface area (TPSA) is 26.6 Å². The van der Waals surface area contributed by atoms with Crippen molar-refractivity contribution in [3.05, 3.63) is 78.4 Å². The second-order valence-electron chi connectivity index (χ2n) is 5.94. The number of anilines is 1. The van der Waals surface area contributed by atoms with Gasteiger partial charge in [0.15, 0.2) is 6.23 Å². The number of benzene rings is 2. The highest BCUT2D eigenvalue weighted by molar-refractivity contribution is 5.49. The van der Waals surface area contributed by atoms with E-state index in [9.17, 15) is 4.39 Å². The third kappa shape index (κ3) is 3.10. The van der Waals surface area contributed by atoms with Crippen LogP contribution in [-0.2, 0) is 4.74 Å². The van der Waals surface area contributed by atoms with Gasteiger partial charge in [-0.3, -0.25) is 0 Å². The first-order valence-electron chi connectivity index (χ1n) is 8.21. The van der Waals surface area contributed by atoms with Crippen LogP contribution < -0.4 is 9.64 Å². The van der Waals surface area contributed by atoms with Crippen molar-refractivity contribution in [3.8, 4) is 11.4 Å². The smallest absolute Gasteiger partial charge is 0.158 e. The summed E-state index contributed by atoms with van der Waals surface area (Å²) in [4.78, 5) is 2.15. The van der Waals surface area contributed by atoms with Gasteiger partial charge >= 0.3 is 0 Å². The lowest BCUT2D eigenvalue weighted by Crippen LogP contribution is -2.22. The zero-order valence-electron chi connectivity index (χ0n) is 13.9. The molecule has 4 rings (SSSR count). The summed E-state index contributed by atoms with van der Waals surface area (Å²) in [5.41, 5.74) is 3.08. The zero-order chi connectivity index (χ0) is 17.2. The van der Waals surface area contributed by atoms with Gasteiger partial charge in [-0.1, -0.05) is 0 Å². The van der Waals surface area contributed by atoms with Crippen molar-refractivity contribution in [1.29, 1.82) is 0 Å². The van der Waals surface area contributed by atoms with Gasteiger partial charge in [0.1, 0.15) is 11.6 Å². The Bertz CT molecular complexity index is 843. The molecule has 1 aliphatic rings. The van der Waals surface area contributed by atoms with Crippen LogP contribution >= 0.6 is 0 Å². The Kier molecular flexibility index (Phi) is 4.15. The highest BCUT2D eigenvalue weighted by Gasteiger charge is 2.27. The lowest BCUT2D eigenvalue weighted by atomic mass is 10.2. The summed E-state index contributed by atoms with van der Waals surface area (Å²) in [5.74, 6) is 0.601. The van der Waals surface area contributed by atoms with Crippen LogP contribution in [0.25, 0.3) is 5.69 Å². The minimum Gasteiger partial charge on any atom is -0.497 e. The van der Waals surface area contributed by atoms with Crippen molar-refractivity contribution in [2.75, 3.05) is 25.2 Å². The summed E-state index contributed by atoms with van der Waals surface area (Å²) in [6.45, 7) is 1.43. The molecule has 0 radical (unpaired) electrons. The van der Waals surface area contributed by atoms with Crippen LogP contribution in [0, 0.1) is 5.82 Å². The van der Waals surface area contributed by atoms with E-state index in [0.717, 1.165) is 29.2 Å². The highest BCUT2D eigenvalue weighted by Crippen LogP contribution is 2.32. The Morgan fingerprint density at radius 1 is 1.00 bits per heavy atom. The van der Waals surface area contributed by atoms with Gasteiger partial charge in [-0.05, 0) is 54.6 Å². The Labute approximate surface area is 146 Å². The first kappa shape index (κ1) is 15.7. The number of ether oxygens (including phenoxy) is 2. The van der Waals surface area contributed by atoms with Gasteiger partial charge in [-0.25, -0.2) is 4.39 Å². The minimum atomic E-state index is -0.230. The average molecular weight is 338 g/mol. The summed E-state index contributed by atoms with van der Waals surface area (Å²) < 4.78 is 26.4. The van der Waals surface area contributed by atoms with Crippen molar-refractivity contribution in [2.24, 2.45) is 0 Å². The average Bonchev–Trinajstić information content (AvgIpc) is 3.31. The molecule has 5 heteroatoms. The molecule has 128 valence electrons. The van der Waals surface area contributed by atoms with Gasteiger partial charge in [-0.2, -0.15) is 0 Å². The maximum absolute atomic E-state index is 13.2. The van der Waals surface area contributed by atoms with Gasteiger partial charge in [0.25, 0.3) is 0 Å². The molecule has 0 N–H and O–H groups in total. The van der Waals surface area contributed by atoms with Gasteiger partial charge in [-0.15, -0.1) is 0 Å². The van der Waals surface area contributed by atoms with Crippen LogP contribution in [0.5, 0.6) is 5.75 Å². The van der Waals surface area contributed by atoms with Crippen molar-refractivity contribution in [3.63, 3.8) is 0 Å². The number of aromatic nitrogens is 1. The number of hydrogen-bond acceptors (Lipinski definition) is 3. The fourth-order valence-electron chi connectivity index (χ4n) is 3.12. The molecular formula is C20H19FN2O2. The van der Waals surface area contributed by atoms with Crippen LogP contribution in [-0.4, -0.2) is 24.8 Å². The predicted octanol–water partition coefficient (Wildman–Crippen LogP) is 4.16. The number of nitrogens with zero attached hydrogens (tertiary/aromatic N) is 2. The Hall–Kier alpha value is -2.79. The molecule has 1 saturated heterocycles. The normalized spacial score (nSPS) is 17.0. The van der Waals surface area contributed by atoms with Crippen molar-refractivity contribution in [1.82, 2.24) is 4.57 Å². The molecule has 1 atom stereocenters. The molecule has 0 spiro atoms. The molecule has 1 unspecified atom stereocenters. The highest BCUT2D eigenvalue weighted by atomic mass is 19.1. The van der Waals surface area contributed by atoms with Gasteiger partial charge < -0.3 is 18.9 Å². The molecule has 0 aliphatic carbocycles. The first-order chi connectivity index (χ1) is 12.2. The molecule has 0 bridgehead atoms. The number of halogens is 1. The fourth-order valence-corrected chi connectivity index (χ4v) is 3.12. The van der Waals surface area contributed by atoms with E-state index in [2.05, 4.69) is 21.7 Å². The third-order valence-electron chi connectivity index (χ3n) is 4.42. The molecule has 4 nitrogen and oxygen atoms in total. The molecule has 2 heterocycles. The molecule has 2 aromatic carbocycles. The first-order valence-corrected chi connectivity index (χ1v) is 8.21. The van der Waals surface area contributed by atoms with Crippen LogP contribution in [0.1, 0.15) is 11.8 Å². The zero-order valence-corrected chi connectivity index (χ0v) is 13.9. The van der Waals surface area contributed by atoms with Crippen LogP contribution in [0.3, 0.4) is 0 Å². The van der Waals surface area contributed by atoms with E-state index < -0.39 is 0 Å². The maximum Gasteiger partial charge on any atom is 0.158 e. The molecule has 1 aromatic heterocycles. The van der Waals surface area contributed by atoms with E-state index in [4.69, 9.17) is 9.47 Å². The summed E-state index contributed by atoms with van der Waals surface area (Å²) in [5, 5.41) is 0. The Morgan fingerprint density at radius 2 is 1.72 bits per heavy atom. The van der Waals surface area contributed by atoms with Crippen molar-refractivity contribution >= 4 is 5.69 Å². The molecule has 1 fully saturated rings. The molecule has 0 saturated carbocycles. The van der Waals surface area contributed by atoms with E-state index in [1.165, 1.54) is 12.1 Å². The number of rotatable bonds is 4. The van der Waals surface area contributed by atoms with E-state index in [1.807, 2.05) is 30.5 Å². The second-order valence-corrected chi connectivity index (χ2v) is 5.94. The largest absolute Gasteiger partial charge is 0.497 e. The Balaban J connectivity index is 1.58. The summed E-state index contributed by atoms with van der Waals surface area (Å²) in [6.07, 6.45) is 3.92. The van der Waals surface area contributed by atoms with E-state index >= 15 is 0 Å². The number of hydrogen-bond donors (Lipinski definition) is 0. The summed E-state index contributed by atoms with van der Waals surface area (Å²) >= 11 is 0. The summed E-state index contributed by atoms with van der Waals surface area (Å²) in [7, 11) is 1.66. The molecule has 1 aliphatic heterocycles. The van der Waals surface area contributed by atoms with Crippen molar-refractivity contribution in [2.45, 2.75) is 6.23 Å². The molecule has 25 heavy (non-hydrogen) atoms.